The molecule has 0 aromatic heterocycles. The highest BCUT2D eigenvalue weighted by molar-refractivity contribution is 9.10. The lowest BCUT2D eigenvalue weighted by Crippen LogP contribution is -2.17. The maximum atomic E-state index is 13.0. The van der Waals surface area contributed by atoms with Crippen molar-refractivity contribution in [2.45, 2.75) is 26.7 Å². The maximum absolute atomic E-state index is 13.0. The Bertz CT molecular complexity index is 388. The van der Waals surface area contributed by atoms with Gasteiger partial charge in [-0.3, -0.25) is 0 Å². The van der Waals surface area contributed by atoms with Crippen LogP contribution in [-0.2, 0) is 0 Å². The summed E-state index contributed by atoms with van der Waals surface area (Å²) in [4.78, 5) is 0. The lowest BCUT2D eigenvalue weighted by Gasteiger charge is -2.07. The first kappa shape index (κ1) is 14.4. The summed E-state index contributed by atoms with van der Waals surface area (Å²) in [6, 6.07) is 4.79. The van der Waals surface area contributed by atoms with Crippen LogP contribution in [0.5, 0.6) is 0 Å². The van der Waals surface area contributed by atoms with Gasteiger partial charge < -0.3 is 5.32 Å². The molecule has 0 amide bonds. The number of nitrogens with one attached hydrogen (secondary N) is 1. The lowest BCUT2D eigenvalue weighted by atomic mass is 10.1. The van der Waals surface area contributed by atoms with Gasteiger partial charge in [-0.1, -0.05) is 47.5 Å². The second-order valence-corrected chi connectivity index (χ2v) is 4.85. The fraction of sp³-hybridized carbons (Fsp3) is 0.429. The van der Waals surface area contributed by atoms with Gasteiger partial charge >= 0.3 is 0 Å². The summed E-state index contributed by atoms with van der Waals surface area (Å²) in [6.07, 6.45) is 4.25. The zero-order valence-electron chi connectivity index (χ0n) is 10.4. The third kappa shape index (κ3) is 5.00. The number of halogens is 2. The van der Waals surface area contributed by atoms with Gasteiger partial charge in [0.15, 0.2) is 0 Å². The molecule has 0 heterocycles. The molecule has 17 heavy (non-hydrogen) atoms. The van der Waals surface area contributed by atoms with Crippen LogP contribution in [0.4, 0.5) is 4.39 Å². The van der Waals surface area contributed by atoms with E-state index in [1.54, 1.807) is 6.07 Å². The van der Waals surface area contributed by atoms with Gasteiger partial charge in [0.05, 0.1) is 0 Å². The number of hydrogen-bond acceptors (Lipinski definition) is 1. The molecule has 0 atom stereocenters. The molecule has 0 spiro atoms. The fourth-order valence-electron chi connectivity index (χ4n) is 1.54. The van der Waals surface area contributed by atoms with Gasteiger partial charge in [-0.25, -0.2) is 4.39 Å². The predicted molar refractivity (Wildman–Crippen MR) is 75.5 cm³/mol. The molecule has 0 radical (unpaired) electrons. The monoisotopic (exact) mass is 299 g/mol. The minimum atomic E-state index is -0.212. The van der Waals surface area contributed by atoms with E-state index < -0.39 is 0 Å². The van der Waals surface area contributed by atoms with E-state index in [1.807, 2.05) is 0 Å². The quantitative estimate of drug-likeness (QED) is 0.769. The topological polar surface area (TPSA) is 12.0 Å². The molecule has 0 aliphatic carbocycles. The summed E-state index contributed by atoms with van der Waals surface area (Å²) >= 11 is 3.38. The Morgan fingerprint density at radius 1 is 1.41 bits per heavy atom. The first-order chi connectivity index (χ1) is 8.17. The summed E-state index contributed by atoms with van der Waals surface area (Å²) in [5.41, 5.74) is 2.35. The molecule has 3 heteroatoms. The van der Waals surface area contributed by atoms with Crippen molar-refractivity contribution >= 4 is 22.0 Å². The van der Waals surface area contributed by atoms with Gasteiger partial charge in [-0.05, 0) is 37.1 Å². The van der Waals surface area contributed by atoms with E-state index in [-0.39, 0.29) is 5.82 Å². The van der Waals surface area contributed by atoms with Crippen LogP contribution in [0.2, 0.25) is 0 Å². The van der Waals surface area contributed by atoms with Crippen molar-refractivity contribution in [1.29, 1.82) is 0 Å². The summed E-state index contributed by atoms with van der Waals surface area (Å²) in [6.45, 7) is 6.21. The lowest BCUT2D eigenvalue weighted by molar-refractivity contribution is 0.627. The molecule has 0 aliphatic rings. The average molecular weight is 300 g/mol. The normalized spacial score (nSPS) is 11.9. The van der Waals surface area contributed by atoms with Gasteiger partial charge in [0.2, 0.25) is 0 Å². The summed E-state index contributed by atoms with van der Waals surface area (Å²) in [5, 5.41) is 3.38. The minimum absolute atomic E-state index is 0.212. The maximum Gasteiger partial charge on any atom is 0.124 e. The third-order valence-corrected chi connectivity index (χ3v) is 3.24. The van der Waals surface area contributed by atoms with Crippen LogP contribution in [0.1, 0.15) is 32.3 Å². The van der Waals surface area contributed by atoms with Crippen molar-refractivity contribution in [2.24, 2.45) is 0 Å². The highest BCUT2D eigenvalue weighted by Crippen LogP contribution is 2.21. The molecule has 1 rings (SSSR count). The van der Waals surface area contributed by atoms with Gasteiger partial charge in [0.25, 0.3) is 0 Å². The average Bonchev–Trinajstić information content (AvgIpc) is 2.31. The Balaban J connectivity index is 2.75. The second kappa shape index (κ2) is 7.62. The standard InChI is InChI=1S/C14H19BrFN/c1-3-7-17-10-11(4-2)8-12-5-6-13(16)9-14(12)15/h5-6,8-9,17H,3-4,7,10H2,1-2H3/b11-8+. The molecule has 0 bridgehead atoms. The van der Waals surface area contributed by atoms with Gasteiger partial charge in [0.1, 0.15) is 5.82 Å². The molecule has 0 unspecified atom stereocenters. The van der Waals surface area contributed by atoms with E-state index in [4.69, 9.17) is 0 Å². The van der Waals surface area contributed by atoms with E-state index in [9.17, 15) is 4.39 Å². The smallest absolute Gasteiger partial charge is 0.124 e. The van der Waals surface area contributed by atoms with Crippen molar-refractivity contribution in [1.82, 2.24) is 5.32 Å². The number of benzene rings is 1. The van der Waals surface area contributed by atoms with Crippen LogP contribution < -0.4 is 5.32 Å². The van der Waals surface area contributed by atoms with Crippen LogP contribution in [-0.4, -0.2) is 13.1 Å². The Morgan fingerprint density at radius 3 is 2.76 bits per heavy atom. The van der Waals surface area contributed by atoms with Crippen molar-refractivity contribution in [3.05, 3.63) is 39.6 Å². The van der Waals surface area contributed by atoms with Crippen molar-refractivity contribution in [3.8, 4) is 0 Å². The van der Waals surface area contributed by atoms with Crippen LogP contribution in [0.15, 0.2) is 28.2 Å². The first-order valence-electron chi connectivity index (χ1n) is 6.02. The SMILES string of the molecule is CCCNC/C(=C/c1ccc(F)cc1Br)CC. The van der Waals surface area contributed by atoms with E-state index in [0.29, 0.717) is 0 Å². The number of rotatable bonds is 6. The van der Waals surface area contributed by atoms with Gasteiger partial charge in [-0.2, -0.15) is 0 Å². The first-order valence-corrected chi connectivity index (χ1v) is 6.81. The second-order valence-electron chi connectivity index (χ2n) is 4.00. The molecule has 94 valence electrons. The molecule has 0 saturated carbocycles. The van der Waals surface area contributed by atoms with Gasteiger partial charge in [0, 0.05) is 11.0 Å². The Hall–Kier alpha value is -0.670. The van der Waals surface area contributed by atoms with E-state index >= 15 is 0 Å². The third-order valence-electron chi connectivity index (χ3n) is 2.56. The molecule has 1 aromatic carbocycles. The van der Waals surface area contributed by atoms with Crippen molar-refractivity contribution in [3.63, 3.8) is 0 Å². The summed E-state index contributed by atoms with van der Waals surface area (Å²) in [5.74, 6) is -0.212. The molecule has 1 nitrogen and oxygen atoms in total. The zero-order valence-corrected chi connectivity index (χ0v) is 12.0. The fourth-order valence-corrected chi connectivity index (χ4v) is 2.01. The van der Waals surface area contributed by atoms with E-state index in [2.05, 4.69) is 41.2 Å². The summed E-state index contributed by atoms with van der Waals surface area (Å²) < 4.78 is 13.8. The molecule has 1 N–H and O–H groups in total. The molecule has 0 saturated heterocycles. The van der Waals surface area contributed by atoms with E-state index in [0.717, 1.165) is 36.0 Å². The molecular formula is C14H19BrFN. The number of hydrogen-bond donors (Lipinski definition) is 1. The highest BCUT2D eigenvalue weighted by atomic mass is 79.9. The molecular weight excluding hydrogens is 281 g/mol. The zero-order chi connectivity index (χ0) is 12.7. The Kier molecular flexibility index (Phi) is 6.45. The largest absolute Gasteiger partial charge is 0.313 e. The molecule has 0 aliphatic heterocycles. The summed E-state index contributed by atoms with van der Waals surface area (Å²) in [7, 11) is 0. The van der Waals surface area contributed by atoms with Crippen LogP contribution in [0.25, 0.3) is 6.08 Å². The van der Waals surface area contributed by atoms with Crippen LogP contribution in [0, 0.1) is 5.82 Å². The Morgan fingerprint density at radius 2 is 2.18 bits per heavy atom. The van der Waals surface area contributed by atoms with Crippen molar-refractivity contribution < 1.29 is 4.39 Å². The highest BCUT2D eigenvalue weighted by Gasteiger charge is 2.01. The van der Waals surface area contributed by atoms with Crippen LogP contribution in [0.3, 0.4) is 0 Å². The minimum Gasteiger partial charge on any atom is -0.313 e. The van der Waals surface area contributed by atoms with Gasteiger partial charge in [-0.15, -0.1) is 0 Å². The molecule has 0 fully saturated rings. The van der Waals surface area contributed by atoms with E-state index in [1.165, 1.54) is 17.7 Å². The van der Waals surface area contributed by atoms with Crippen LogP contribution >= 0.6 is 15.9 Å². The predicted octanol–water partition coefficient (Wildman–Crippen LogP) is 4.38. The van der Waals surface area contributed by atoms with Crippen molar-refractivity contribution in [2.75, 3.05) is 13.1 Å². The molecule has 1 aromatic rings. The Labute approximate surface area is 111 Å².